The van der Waals surface area contributed by atoms with Crippen LogP contribution in [0.3, 0.4) is 0 Å². The summed E-state index contributed by atoms with van der Waals surface area (Å²) in [5.41, 5.74) is 0. The average molecular weight is 114 g/mol. The molecule has 0 amide bonds. The first-order chi connectivity index (χ1) is 3.86. The molecule has 2 fully saturated rings. The highest BCUT2D eigenvalue weighted by Crippen LogP contribution is 2.36. The Labute approximate surface area is 48.5 Å². The second-order valence-electron chi connectivity index (χ2n) is 2.68. The SMILES string of the molecule is OC1CC[C@H]2O[C@H]2C1. The van der Waals surface area contributed by atoms with Crippen molar-refractivity contribution in [1.29, 1.82) is 0 Å². The van der Waals surface area contributed by atoms with E-state index in [4.69, 9.17) is 9.84 Å². The van der Waals surface area contributed by atoms with Crippen molar-refractivity contribution >= 4 is 0 Å². The molecule has 3 atom stereocenters. The van der Waals surface area contributed by atoms with Gasteiger partial charge in [-0.1, -0.05) is 0 Å². The van der Waals surface area contributed by atoms with Crippen LogP contribution >= 0.6 is 0 Å². The lowest BCUT2D eigenvalue weighted by molar-refractivity contribution is 0.139. The topological polar surface area (TPSA) is 32.8 Å². The highest BCUT2D eigenvalue weighted by molar-refractivity contribution is 4.91. The molecule has 1 unspecified atom stereocenters. The Morgan fingerprint density at radius 3 is 2.75 bits per heavy atom. The van der Waals surface area contributed by atoms with Gasteiger partial charge in [-0.15, -0.1) is 0 Å². The van der Waals surface area contributed by atoms with E-state index in [2.05, 4.69) is 0 Å². The van der Waals surface area contributed by atoms with E-state index in [9.17, 15) is 0 Å². The van der Waals surface area contributed by atoms with Gasteiger partial charge in [-0.25, -0.2) is 0 Å². The molecule has 0 radical (unpaired) electrons. The Bertz CT molecular complexity index is 103. The average Bonchev–Trinajstić information content (AvgIpc) is 2.43. The smallest absolute Gasteiger partial charge is 0.0866 e. The fourth-order valence-electron chi connectivity index (χ4n) is 1.38. The van der Waals surface area contributed by atoms with Crippen LogP contribution in [0.2, 0.25) is 0 Å². The molecule has 2 heteroatoms. The van der Waals surface area contributed by atoms with E-state index >= 15 is 0 Å². The highest BCUT2D eigenvalue weighted by atomic mass is 16.6. The molecule has 0 aromatic carbocycles. The standard InChI is InChI=1S/C6H10O2/c7-4-1-2-5-6(3-4)8-5/h4-7H,1-3H2/t4?,5-,6+/m1/s1. The van der Waals surface area contributed by atoms with Crippen LogP contribution in [0, 0.1) is 0 Å². The van der Waals surface area contributed by atoms with E-state index in [0.717, 1.165) is 19.3 Å². The van der Waals surface area contributed by atoms with E-state index in [1.54, 1.807) is 0 Å². The van der Waals surface area contributed by atoms with E-state index in [1.165, 1.54) is 0 Å². The molecule has 46 valence electrons. The molecule has 1 N–H and O–H groups in total. The number of ether oxygens (including phenoxy) is 1. The summed E-state index contributed by atoms with van der Waals surface area (Å²) in [5, 5.41) is 9.03. The molecule has 2 aliphatic rings. The first-order valence-corrected chi connectivity index (χ1v) is 3.20. The molecular weight excluding hydrogens is 104 g/mol. The van der Waals surface area contributed by atoms with Gasteiger partial charge in [-0.05, 0) is 12.8 Å². The molecule has 0 bridgehead atoms. The summed E-state index contributed by atoms with van der Waals surface area (Å²) >= 11 is 0. The van der Waals surface area contributed by atoms with Gasteiger partial charge in [0.1, 0.15) is 0 Å². The van der Waals surface area contributed by atoms with Gasteiger partial charge in [-0.2, -0.15) is 0 Å². The molecule has 0 spiro atoms. The van der Waals surface area contributed by atoms with E-state index in [-0.39, 0.29) is 6.10 Å². The third kappa shape index (κ3) is 0.644. The van der Waals surface area contributed by atoms with Crippen LogP contribution in [0.4, 0.5) is 0 Å². The predicted octanol–water partition coefficient (Wildman–Crippen LogP) is 0.299. The normalized spacial score (nSPS) is 52.9. The van der Waals surface area contributed by atoms with Crippen molar-refractivity contribution in [2.45, 2.75) is 37.6 Å². The van der Waals surface area contributed by atoms with Crippen molar-refractivity contribution in [1.82, 2.24) is 0 Å². The van der Waals surface area contributed by atoms with Crippen molar-refractivity contribution in [3.05, 3.63) is 0 Å². The van der Waals surface area contributed by atoms with Crippen molar-refractivity contribution in [3.63, 3.8) is 0 Å². The van der Waals surface area contributed by atoms with Gasteiger partial charge in [0.25, 0.3) is 0 Å². The van der Waals surface area contributed by atoms with Gasteiger partial charge in [0.05, 0.1) is 18.3 Å². The molecule has 1 heterocycles. The van der Waals surface area contributed by atoms with Gasteiger partial charge in [0.15, 0.2) is 0 Å². The molecule has 2 rings (SSSR count). The van der Waals surface area contributed by atoms with Crippen LogP contribution in [0.15, 0.2) is 0 Å². The molecule has 2 nitrogen and oxygen atoms in total. The Kier molecular flexibility index (Phi) is 0.866. The van der Waals surface area contributed by atoms with Crippen molar-refractivity contribution in [2.24, 2.45) is 0 Å². The molecule has 1 saturated carbocycles. The lowest BCUT2D eigenvalue weighted by Crippen LogP contribution is -2.17. The van der Waals surface area contributed by atoms with Gasteiger partial charge in [0, 0.05) is 6.42 Å². The Hall–Kier alpha value is -0.0800. The maximum Gasteiger partial charge on any atom is 0.0866 e. The first-order valence-electron chi connectivity index (χ1n) is 3.20. The minimum atomic E-state index is -0.0706. The van der Waals surface area contributed by atoms with Crippen LogP contribution in [-0.4, -0.2) is 23.4 Å². The maximum absolute atomic E-state index is 9.03. The number of aliphatic hydroxyl groups excluding tert-OH is 1. The number of epoxide rings is 1. The molecule has 1 aliphatic carbocycles. The second kappa shape index (κ2) is 1.45. The van der Waals surface area contributed by atoms with Crippen molar-refractivity contribution in [2.75, 3.05) is 0 Å². The summed E-state index contributed by atoms with van der Waals surface area (Å²) in [6.45, 7) is 0. The minimum absolute atomic E-state index is 0.0706. The van der Waals surface area contributed by atoms with Gasteiger partial charge in [0.2, 0.25) is 0 Å². The molecule has 1 saturated heterocycles. The van der Waals surface area contributed by atoms with E-state index in [0.29, 0.717) is 12.2 Å². The molecule has 0 aromatic heterocycles. The van der Waals surface area contributed by atoms with Crippen LogP contribution < -0.4 is 0 Å². The number of fused-ring (bicyclic) bond motifs is 1. The largest absolute Gasteiger partial charge is 0.393 e. The Balaban J connectivity index is 1.93. The summed E-state index contributed by atoms with van der Waals surface area (Å²) in [6, 6.07) is 0. The summed E-state index contributed by atoms with van der Waals surface area (Å²) in [6.07, 6.45) is 3.79. The quantitative estimate of drug-likeness (QED) is 0.459. The Morgan fingerprint density at radius 2 is 2.12 bits per heavy atom. The zero-order chi connectivity index (χ0) is 5.56. The van der Waals surface area contributed by atoms with Gasteiger partial charge < -0.3 is 9.84 Å². The summed E-state index contributed by atoms with van der Waals surface area (Å²) in [7, 11) is 0. The lowest BCUT2D eigenvalue weighted by Gasteiger charge is -2.10. The fraction of sp³-hybridized carbons (Fsp3) is 1.00. The van der Waals surface area contributed by atoms with E-state index < -0.39 is 0 Å². The van der Waals surface area contributed by atoms with Crippen LogP contribution in [-0.2, 0) is 4.74 Å². The summed E-state index contributed by atoms with van der Waals surface area (Å²) in [5.74, 6) is 0. The molecule has 1 aliphatic heterocycles. The third-order valence-corrected chi connectivity index (χ3v) is 1.98. The predicted molar refractivity (Wildman–Crippen MR) is 28.5 cm³/mol. The second-order valence-corrected chi connectivity index (χ2v) is 2.68. The number of aliphatic hydroxyl groups is 1. The van der Waals surface area contributed by atoms with Crippen LogP contribution in [0.25, 0.3) is 0 Å². The van der Waals surface area contributed by atoms with Gasteiger partial charge >= 0.3 is 0 Å². The monoisotopic (exact) mass is 114 g/mol. The minimum Gasteiger partial charge on any atom is -0.393 e. The highest BCUT2D eigenvalue weighted by Gasteiger charge is 2.43. The number of hydrogen-bond acceptors (Lipinski definition) is 2. The molecule has 8 heavy (non-hydrogen) atoms. The van der Waals surface area contributed by atoms with Crippen LogP contribution in [0.5, 0.6) is 0 Å². The van der Waals surface area contributed by atoms with Crippen molar-refractivity contribution < 1.29 is 9.84 Å². The molecular formula is C6H10O2. The lowest BCUT2D eigenvalue weighted by atomic mass is 9.98. The maximum atomic E-state index is 9.03. The third-order valence-electron chi connectivity index (χ3n) is 1.98. The summed E-state index contributed by atoms with van der Waals surface area (Å²) in [4.78, 5) is 0. The van der Waals surface area contributed by atoms with Crippen LogP contribution in [0.1, 0.15) is 19.3 Å². The zero-order valence-corrected chi connectivity index (χ0v) is 4.71. The number of rotatable bonds is 0. The molecule has 0 aromatic rings. The first kappa shape index (κ1) is 4.77. The Morgan fingerprint density at radius 1 is 1.25 bits per heavy atom. The zero-order valence-electron chi connectivity index (χ0n) is 4.71. The fourth-order valence-corrected chi connectivity index (χ4v) is 1.38. The van der Waals surface area contributed by atoms with Gasteiger partial charge in [-0.3, -0.25) is 0 Å². The summed E-state index contributed by atoms with van der Waals surface area (Å²) < 4.78 is 5.19. The van der Waals surface area contributed by atoms with Crippen molar-refractivity contribution in [3.8, 4) is 0 Å². The number of hydrogen-bond donors (Lipinski definition) is 1. The van der Waals surface area contributed by atoms with E-state index in [1.807, 2.05) is 0 Å².